The summed E-state index contributed by atoms with van der Waals surface area (Å²) in [5.74, 6) is -0.748. The number of rotatable bonds is 6. The van der Waals surface area contributed by atoms with E-state index in [1.165, 1.54) is 6.08 Å². The molecular weight excluding hydrogens is 410 g/mol. The Morgan fingerprint density at radius 3 is 2.39 bits per heavy atom. The monoisotopic (exact) mass is 429 g/mol. The average Bonchev–Trinajstić information content (AvgIpc) is 2.78. The number of amides is 2. The molecule has 154 valence electrons. The number of nitrogens with zero attached hydrogens (tertiary/aromatic N) is 1. The van der Waals surface area contributed by atoms with E-state index >= 15 is 0 Å². The maximum absolute atomic E-state index is 12.6. The molecule has 1 atom stereocenters. The van der Waals surface area contributed by atoms with Crippen LogP contribution in [0.25, 0.3) is 6.08 Å². The van der Waals surface area contributed by atoms with Crippen molar-refractivity contribution in [2.24, 2.45) is 0 Å². The molecule has 0 spiro atoms. The lowest BCUT2D eigenvalue weighted by atomic mass is 10.1. The summed E-state index contributed by atoms with van der Waals surface area (Å²) in [6.45, 7) is 1.86. The third kappa shape index (κ3) is 6.05. The largest absolute Gasteiger partial charge is 0.345 e. The molecule has 5 nitrogen and oxygen atoms in total. The van der Waals surface area contributed by atoms with Gasteiger partial charge in [-0.2, -0.15) is 5.26 Å². The number of carbonyl (C=O) groups excluding carboxylic acids is 2. The van der Waals surface area contributed by atoms with Crippen LogP contribution in [-0.2, 0) is 4.79 Å². The molecule has 0 saturated carbocycles. The quantitative estimate of drug-likeness (QED) is 0.408. The maximum Gasteiger partial charge on any atom is 0.262 e. The lowest BCUT2D eigenvalue weighted by Gasteiger charge is -2.13. The highest BCUT2D eigenvalue weighted by molar-refractivity contribution is 6.30. The summed E-state index contributed by atoms with van der Waals surface area (Å²) in [6, 6.07) is 24.7. The molecule has 2 N–H and O–H groups in total. The SMILES string of the molecule is CC(NC(=O)/C(C#N)=C/c1cccc(NC(=O)c2ccc(Cl)cc2)c1)c1ccccc1. The zero-order chi connectivity index (χ0) is 22.2. The van der Waals surface area contributed by atoms with Gasteiger partial charge in [0.25, 0.3) is 11.8 Å². The molecule has 0 bridgehead atoms. The Hall–Kier alpha value is -3.88. The van der Waals surface area contributed by atoms with Crippen molar-refractivity contribution in [3.05, 3.63) is 106 Å². The standard InChI is InChI=1S/C25H20ClN3O2/c1-17(19-7-3-2-4-8-19)28-25(31)21(16-27)14-18-6-5-9-23(15-18)29-24(30)20-10-12-22(26)13-11-20/h2-15,17H,1H3,(H,28,31)(H,29,30)/b21-14+. The molecule has 6 heteroatoms. The molecule has 0 aliphatic carbocycles. The van der Waals surface area contributed by atoms with E-state index in [1.807, 2.05) is 43.3 Å². The lowest BCUT2D eigenvalue weighted by molar-refractivity contribution is -0.117. The van der Waals surface area contributed by atoms with Crippen LogP contribution in [0.1, 0.15) is 34.5 Å². The van der Waals surface area contributed by atoms with Crippen molar-refractivity contribution in [3.63, 3.8) is 0 Å². The number of halogens is 1. The van der Waals surface area contributed by atoms with Gasteiger partial charge in [-0.25, -0.2) is 0 Å². The molecule has 3 aromatic carbocycles. The molecule has 0 aliphatic rings. The van der Waals surface area contributed by atoms with Crippen molar-refractivity contribution in [2.45, 2.75) is 13.0 Å². The van der Waals surface area contributed by atoms with Gasteiger partial charge in [0.1, 0.15) is 11.6 Å². The summed E-state index contributed by atoms with van der Waals surface area (Å²) in [7, 11) is 0. The van der Waals surface area contributed by atoms with Crippen molar-refractivity contribution < 1.29 is 9.59 Å². The fourth-order valence-electron chi connectivity index (χ4n) is 2.93. The Morgan fingerprint density at radius 1 is 1.00 bits per heavy atom. The molecular formula is C25H20ClN3O2. The molecule has 0 aromatic heterocycles. The summed E-state index contributed by atoms with van der Waals surface area (Å²) < 4.78 is 0. The van der Waals surface area contributed by atoms with Crippen molar-refractivity contribution in [1.29, 1.82) is 5.26 Å². The van der Waals surface area contributed by atoms with Crippen LogP contribution in [0.5, 0.6) is 0 Å². The molecule has 0 saturated heterocycles. The van der Waals surface area contributed by atoms with E-state index in [0.29, 0.717) is 21.8 Å². The second kappa shape index (κ2) is 10.2. The van der Waals surface area contributed by atoms with Gasteiger partial charge in [-0.15, -0.1) is 0 Å². The van der Waals surface area contributed by atoms with E-state index in [4.69, 9.17) is 11.6 Å². The topological polar surface area (TPSA) is 82.0 Å². The average molecular weight is 430 g/mol. The normalized spacial score (nSPS) is 11.8. The first-order valence-electron chi connectivity index (χ1n) is 9.61. The van der Waals surface area contributed by atoms with Crippen molar-refractivity contribution >= 4 is 35.2 Å². The van der Waals surface area contributed by atoms with Crippen LogP contribution in [-0.4, -0.2) is 11.8 Å². The third-order valence-electron chi connectivity index (χ3n) is 4.57. The van der Waals surface area contributed by atoms with E-state index < -0.39 is 5.91 Å². The molecule has 3 rings (SSSR count). The Kier molecular flexibility index (Phi) is 7.21. The van der Waals surface area contributed by atoms with Gasteiger partial charge < -0.3 is 10.6 Å². The first kappa shape index (κ1) is 21.8. The smallest absolute Gasteiger partial charge is 0.262 e. The Balaban J connectivity index is 1.72. The van der Waals surface area contributed by atoms with Gasteiger partial charge >= 0.3 is 0 Å². The predicted molar refractivity (Wildman–Crippen MR) is 122 cm³/mol. The van der Waals surface area contributed by atoms with Crippen LogP contribution in [0.15, 0.2) is 84.4 Å². The summed E-state index contributed by atoms with van der Waals surface area (Å²) >= 11 is 5.85. The predicted octanol–water partition coefficient (Wildman–Crippen LogP) is 5.38. The first-order chi connectivity index (χ1) is 15.0. The minimum absolute atomic E-state index is 0.0241. The maximum atomic E-state index is 12.6. The molecule has 3 aromatic rings. The highest BCUT2D eigenvalue weighted by Crippen LogP contribution is 2.17. The fourth-order valence-corrected chi connectivity index (χ4v) is 3.05. The van der Waals surface area contributed by atoms with Gasteiger partial charge in [0.15, 0.2) is 0 Å². The second-order valence-electron chi connectivity index (χ2n) is 6.86. The number of benzene rings is 3. The number of nitrogens with one attached hydrogen (secondary N) is 2. The van der Waals surface area contributed by atoms with Crippen LogP contribution in [0.2, 0.25) is 5.02 Å². The number of hydrogen-bond acceptors (Lipinski definition) is 3. The van der Waals surface area contributed by atoms with Gasteiger partial charge in [-0.3, -0.25) is 9.59 Å². The van der Waals surface area contributed by atoms with Gasteiger partial charge in [-0.05, 0) is 60.5 Å². The molecule has 2 amide bonds. The Bertz CT molecular complexity index is 1150. The van der Waals surface area contributed by atoms with E-state index in [9.17, 15) is 14.9 Å². The second-order valence-corrected chi connectivity index (χ2v) is 7.30. The van der Waals surface area contributed by atoms with E-state index in [-0.39, 0.29) is 17.5 Å². The van der Waals surface area contributed by atoms with Gasteiger partial charge in [-0.1, -0.05) is 54.1 Å². The van der Waals surface area contributed by atoms with E-state index in [2.05, 4.69) is 10.6 Å². The fraction of sp³-hybridized carbons (Fsp3) is 0.0800. The molecule has 0 radical (unpaired) electrons. The summed E-state index contributed by atoms with van der Waals surface area (Å²) in [4.78, 5) is 24.9. The number of carbonyl (C=O) groups is 2. The molecule has 0 heterocycles. The van der Waals surface area contributed by atoms with Crippen LogP contribution in [0, 0.1) is 11.3 Å². The molecule has 31 heavy (non-hydrogen) atoms. The number of anilines is 1. The zero-order valence-corrected chi connectivity index (χ0v) is 17.6. The highest BCUT2D eigenvalue weighted by Gasteiger charge is 2.14. The van der Waals surface area contributed by atoms with E-state index in [1.54, 1.807) is 48.5 Å². The molecule has 0 aliphatic heterocycles. The van der Waals surface area contributed by atoms with Crippen LogP contribution in [0.4, 0.5) is 5.69 Å². The van der Waals surface area contributed by atoms with Crippen LogP contribution >= 0.6 is 11.6 Å². The van der Waals surface area contributed by atoms with E-state index in [0.717, 1.165) is 5.56 Å². The van der Waals surface area contributed by atoms with Crippen LogP contribution in [0.3, 0.4) is 0 Å². The van der Waals surface area contributed by atoms with Crippen LogP contribution < -0.4 is 10.6 Å². The zero-order valence-electron chi connectivity index (χ0n) is 16.8. The molecule has 0 fully saturated rings. The Morgan fingerprint density at radius 2 is 1.71 bits per heavy atom. The summed E-state index contributed by atoms with van der Waals surface area (Å²) in [5, 5.41) is 15.6. The van der Waals surface area contributed by atoms with Gasteiger partial charge in [0.05, 0.1) is 6.04 Å². The Labute approximate surface area is 186 Å². The minimum Gasteiger partial charge on any atom is -0.345 e. The van der Waals surface area contributed by atoms with Gasteiger partial charge in [0, 0.05) is 16.3 Å². The van der Waals surface area contributed by atoms with Crippen molar-refractivity contribution in [3.8, 4) is 6.07 Å². The van der Waals surface area contributed by atoms with Crippen molar-refractivity contribution in [1.82, 2.24) is 5.32 Å². The number of nitriles is 1. The summed E-state index contributed by atoms with van der Waals surface area (Å²) in [6.07, 6.45) is 1.49. The first-order valence-corrected chi connectivity index (χ1v) is 9.98. The number of hydrogen-bond donors (Lipinski definition) is 2. The highest BCUT2D eigenvalue weighted by atomic mass is 35.5. The van der Waals surface area contributed by atoms with Crippen molar-refractivity contribution in [2.75, 3.05) is 5.32 Å². The summed E-state index contributed by atoms with van der Waals surface area (Å²) in [5.41, 5.74) is 2.55. The minimum atomic E-state index is -0.463. The third-order valence-corrected chi connectivity index (χ3v) is 4.83. The molecule has 1 unspecified atom stereocenters. The van der Waals surface area contributed by atoms with Gasteiger partial charge in [0.2, 0.25) is 0 Å². The lowest BCUT2D eigenvalue weighted by Crippen LogP contribution is -2.27.